The Bertz CT molecular complexity index is 1050. The molecule has 0 bridgehead atoms. The summed E-state index contributed by atoms with van der Waals surface area (Å²) in [5.74, 6) is 1.04. The second kappa shape index (κ2) is 6.56. The normalized spacial score (nSPS) is 15.4. The SMILES string of the molecule is Brc1ccc(-c2cn3c4ccccc4nc3n2CC[NH+]2CCCC2)cc1. The average Bonchev–Trinajstić information content (AvgIpc) is 3.36. The van der Waals surface area contributed by atoms with E-state index in [4.69, 9.17) is 4.98 Å². The Morgan fingerprint density at radius 2 is 1.77 bits per heavy atom. The molecule has 0 atom stereocenters. The van der Waals surface area contributed by atoms with Crippen molar-refractivity contribution in [3.8, 4) is 11.3 Å². The number of para-hydroxylation sites is 2. The third-order valence-electron chi connectivity index (χ3n) is 5.50. The van der Waals surface area contributed by atoms with Crippen LogP contribution in [0.1, 0.15) is 12.8 Å². The van der Waals surface area contributed by atoms with Crippen LogP contribution in [0, 0.1) is 0 Å². The van der Waals surface area contributed by atoms with Crippen LogP contribution in [0.4, 0.5) is 0 Å². The van der Waals surface area contributed by atoms with Crippen LogP contribution in [-0.2, 0) is 6.54 Å². The number of benzene rings is 2. The summed E-state index contributed by atoms with van der Waals surface area (Å²) in [5.41, 5.74) is 4.71. The molecule has 0 amide bonds. The van der Waals surface area contributed by atoms with Crippen LogP contribution in [0.25, 0.3) is 28.1 Å². The second-order valence-electron chi connectivity index (χ2n) is 7.15. The predicted molar refractivity (Wildman–Crippen MR) is 109 cm³/mol. The van der Waals surface area contributed by atoms with Gasteiger partial charge >= 0.3 is 0 Å². The smallest absolute Gasteiger partial charge is 0.215 e. The average molecular weight is 410 g/mol. The van der Waals surface area contributed by atoms with Crippen molar-refractivity contribution >= 4 is 32.7 Å². The van der Waals surface area contributed by atoms with E-state index in [1.165, 1.54) is 42.7 Å². The number of fused-ring (bicyclic) bond motifs is 3. The fourth-order valence-corrected chi connectivity index (χ4v) is 4.38. The molecule has 1 fully saturated rings. The minimum absolute atomic E-state index is 1.00. The first kappa shape index (κ1) is 16.1. The van der Waals surface area contributed by atoms with Crippen LogP contribution in [0.5, 0.6) is 0 Å². The highest BCUT2D eigenvalue weighted by molar-refractivity contribution is 9.10. The molecule has 1 aliphatic rings. The molecule has 5 rings (SSSR count). The molecule has 4 nitrogen and oxygen atoms in total. The second-order valence-corrected chi connectivity index (χ2v) is 8.07. The largest absolute Gasteiger partial charge is 0.333 e. The maximum atomic E-state index is 4.93. The Balaban J connectivity index is 1.63. The van der Waals surface area contributed by atoms with Crippen LogP contribution >= 0.6 is 15.9 Å². The highest BCUT2D eigenvalue weighted by Crippen LogP contribution is 2.27. The van der Waals surface area contributed by atoms with Gasteiger partial charge in [0.1, 0.15) is 0 Å². The number of halogens is 1. The Labute approximate surface area is 161 Å². The van der Waals surface area contributed by atoms with E-state index in [1.807, 2.05) is 0 Å². The molecule has 3 heterocycles. The lowest BCUT2D eigenvalue weighted by Crippen LogP contribution is -3.10. The highest BCUT2D eigenvalue weighted by Gasteiger charge is 2.19. The lowest BCUT2D eigenvalue weighted by Gasteiger charge is -2.14. The number of hydrogen-bond acceptors (Lipinski definition) is 1. The van der Waals surface area contributed by atoms with Gasteiger partial charge in [0.05, 0.1) is 42.9 Å². The lowest BCUT2D eigenvalue weighted by molar-refractivity contribution is -0.887. The van der Waals surface area contributed by atoms with Gasteiger partial charge in [0.2, 0.25) is 5.78 Å². The van der Waals surface area contributed by atoms with Crippen LogP contribution in [0.3, 0.4) is 0 Å². The van der Waals surface area contributed by atoms with Gasteiger partial charge < -0.3 is 9.47 Å². The van der Waals surface area contributed by atoms with Gasteiger partial charge in [0, 0.05) is 23.5 Å². The van der Waals surface area contributed by atoms with Crippen molar-refractivity contribution in [1.29, 1.82) is 0 Å². The fourth-order valence-electron chi connectivity index (χ4n) is 4.12. The number of hydrogen-bond donors (Lipinski definition) is 1. The number of imidazole rings is 2. The molecule has 2 aromatic carbocycles. The van der Waals surface area contributed by atoms with Gasteiger partial charge in [0.25, 0.3) is 0 Å². The third kappa shape index (κ3) is 2.75. The summed E-state index contributed by atoms with van der Waals surface area (Å²) in [4.78, 5) is 6.65. The van der Waals surface area contributed by atoms with E-state index in [0.29, 0.717) is 0 Å². The van der Waals surface area contributed by atoms with Crippen molar-refractivity contribution in [1.82, 2.24) is 14.0 Å². The zero-order chi connectivity index (χ0) is 17.5. The summed E-state index contributed by atoms with van der Waals surface area (Å²) < 4.78 is 5.75. The summed E-state index contributed by atoms with van der Waals surface area (Å²) >= 11 is 3.54. The fraction of sp³-hybridized carbons (Fsp3) is 0.286. The Hall–Kier alpha value is -2.11. The number of nitrogens with zero attached hydrogens (tertiary/aromatic N) is 3. The molecule has 1 N–H and O–H groups in total. The van der Waals surface area contributed by atoms with Crippen LogP contribution in [-0.4, -0.2) is 33.6 Å². The first-order valence-electron chi connectivity index (χ1n) is 9.35. The molecule has 0 spiro atoms. The van der Waals surface area contributed by atoms with Crippen molar-refractivity contribution in [2.45, 2.75) is 19.4 Å². The topological polar surface area (TPSA) is 26.7 Å². The Morgan fingerprint density at radius 1 is 1.00 bits per heavy atom. The summed E-state index contributed by atoms with van der Waals surface area (Å²) in [6.45, 7) is 4.78. The number of nitrogens with one attached hydrogen (secondary N) is 1. The van der Waals surface area contributed by atoms with E-state index >= 15 is 0 Å². The van der Waals surface area contributed by atoms with Gasteiger partial charge in [-0.2, -0.15) is 0 Å². The standard InChI is InChI=1S/C21H21BrN4/c22-17-9-7-16(8-10-17)20-15-26-19-6-2-1-5-18(19)23-21(26)25(20)14-13-24-11-3-4-12-24/h1-2,5-10,15H,3-4,11-14H2/p+1. The quantitative estimate of drug-likeness (QED) is 0.549. The van der Waals surface area contributed by atoms with Gasteiger partial charge in [-0.15, -0.1) is 0 Å². The first-order chi connectivity index (χ1) is 12.8. The van der Waals surface area contributed by atoms with E-state index in [1.54, 1.807) is 4.90 Å². The van der Waals surface area contributed by atoms with E-state index in [0.717, 1.165) is 28.9 Å². The zero-order valence-electron chi connectivity index (χ0n) is 14.7. The molecule has 0 unspecified atom stereocenters. The molecule has 2 aromatic heterocycles. The van der Waals surface area contributed by atoms with Crippen molar-refractivity contribution < 1.29 is 4.90 Å². The van der Waals surface area contributed by atoms with Crippen molar-refractivity contribution in [2.24, 2.45) is 0 Å². The first-order valence-corrected chi connectivity index (χ1v) is 10.1. The minimum atomic E-state index is 1.00. The minimum Gasteiger partial charge on any atom is -0.333 e. The van der Waals surface area contributed by atoms with Crippen molar-refractivity contribution in [3.63, 3.8) is 0 Å². The van der Waals surface area contributed by atoms with Crippen molar-refractivity contribution in [2.75, 3.05) is 19.6 Å². The zero-order valence-corrected chi connectivity index (χ0v) is 16.2. The highest BCUT2D eigenvalue weighted by atomic mass is 79.9. The molecule has 0 aliphatic carbocycles. The number of quaternary nitrogens is 1. The van der Waals surface area contributed by atoms with Gasteiger partial charge in [-0.25, -0.2) is 4.98 Å². The third-order valence-corrected chi connectivity index (χ3v) is 6.03. The Morgan fingerprint density at radius 3 is 2.58 bits per heavy atom. The summed E-state index contributed by atoms with van der Waals surface area (Å²) in [6.07, 6.45) is 4.97. The molecule has 0 saturated carbocycles. The van der Waals surface area contributed by atoms with Gasteiger partial charge in [-0.05, 0) is 29.8 Å². The predicted octanol–water partition coefficient (Wildman–Crippen LogP) is 3.40. The number of aromatic nitrogens is 3. The van der Waals surface area contributed by atoms with Crippen LogP contribution in [0.2, 0.25) is 0 Å². The van der Waals surface area contributed by atoms with Crippen LogP contribution < -0.4 is 4.90 Å². The van der Waals surface area contributed by atoms with Crippen molar-refractivity contribution in [3.05, 3.63) is 59.2 Å². The maximum absolute atomic E-state index is 4.93. The van der Waals surface area contributed by atoms with Gasteiger partial charge in [-0.1, -0.05) is 40.2 Å². The maximum Gasteiger partial charge on any atom is 0.215 e. The molecule has 132 valence electrons. The molecule has 0 radical (unpaired) electrons. The van der Waals surface area contributed by atoms with Crippen LogP contribution in [0.15, 0.2) is 59.2 Å². The summed E-state index contributed by atoms with van der Waals surface area (Å²) in [5, 5.41) is 0. The molecule has 1 saturated heterocycles. The van der Waals surface area contributed by atoms with Gasteiger partial charge in [0.15, 0.2) is 0 Å². The van der Waals surface area contributed by atoms with E-state index < -0.39 is 0 Å². The monoisotopic (exact) mass is 409 g/mol. The Kier molecular flexibility index (Phi) is 4.06. The van der Waals surface area contributed by atoms with E-state index in [2.05, 4.69) is 79.6 Å². The summed E-state index contributed by atoms with van der Waals surface area (Å²) in [6, 6.07) is 17.0. The molecule has 26 heavy (non-hydrogen) atoms. The van der Waals surface area contributed by atoms with E-state index in [-0.39, 0.29) is 0 Å². The molecule has 4 aromatic rings. The lowest BCUT2D eigenvalue weighted by atomic mass is 10.1. The molecule has 1 aliphatic heterocycles. The number of rotatable bonds is 4. The summed E-state index contributed by atoms with van der Waals surface area (Å²) in [7, 11) is 0. The molecule has 5 heteroatoms. The van der Waals surface area contributed by atoms with Gasteiger partial charge in [-0.3, -0.25) is 4.40 Å². The molecular weight excluding hydrogens is 388 g/mol. The van der Waals surface area contributed by atoms with E-state index in [9.17, 15) is 0 Å². The number of likely N-dealkylation sites (tertiary alicyclic amines) is 1. The molecular formula is C21H22BrN4+.